The minimum Gasteiger partial charge on any atom is -0.381 e. The summed E-state index contributed by atoms with van der Waals surface area (Å²) in [5, 5.41) is 0. The molecule has 0 saturated carbocycles. The fourth-order valence-electron chi connectivity index (χ4n) is 16.9. The van der Waals surface area contributed by atoms with Gasteiger partial charge in [0.1, 0.15) is 0 Å². The Hall–Kier alpha value is -0.0400. The van der Waals surface area contributed by atoms with Crippen LogP contribution in [0, 0.1) is 0 Å². The Morgan fingerprint density at radius 1 is 0.0792 bits per heavy atom. The van der Waals surface area contributed by atoms with E-state index in [4.69, 9.17) is 4.74 Å². The van der Waals surface area contributed by atoms with Gasteiger partial charge in [-0.15, -0.1) is 0 Å². The first-order chi connectivity index (χ1) is 50.4. The average Bonchev–Trinajstić information content (AvgIpc) is 3.68. The van der Waals surface area contributed by atoms with Gasteiger partial charge in [-0.05, 0) is 12.8 Å². The zero-order chi connectivity index (χ0) is 72.0. The molecule has 0 heterocycles. The van der Waals surface area contributed by atoms with Crippen molar-refractivity contribution in [3.8, 4) is 0 Å². The SMILES string of the molecule is CCCCCCCCCCCCCCCCCCCCCCCCCCCCCCCCCCCCCCCCCCCCCCCCCCOCCCCCCCCCCCCCCCCCCCCCCCCCCCCCCCCCCCCCCCCCCCCCCCCCC. The van der Waals surface area contributed by atoms with Crippen LogP contribution in [-0.2, 0) is 4.74 Å². The van der Waals surface area contributed by atoms with Crippen LogP contribution in [0.2, 0.25) is 0 Å². The maximum atomic E-state index is 6.00. The fraction of sp³-hybridized carbons (Fsp3) is 1.00. The summed E-state index contributed by atoms with van der Waals surface area (Å²) in [6, 6.07) is 0. The van der Waals surface area contributed by atoms with Crippen LogP contribution in [0.4, 0.5) is 0 Å². The lowest BCUT2D eigenvalue weighted by Gasteiger charge is -2.06. The topological polar surface area (TPSA) is 9.23 Å². The van der Waals surface area contributed by atoms with Crippen molar-refractivity contribution < 1.29 is 4.74 Å². The van der Waals surface area contributed by atoms with Crippen molar-refractivity contribution in [3.05, 3.63) is 0 Å². The van der Waals surface area contributed by atoms with Crippen LogP contribution in [0.15, 0.2) is 0 Å². The second kappa shape index (κ2) is 100.0. The summed E-state index contributed by atoms with van der Waals surface area (Å²) in [7, 11) is 0. The van der Waals surface area contributed by atoms with E-state index in [1.165, 1.54) is 616 Å². The molecule has 0 atom stereocenters. The third-order valence-electron chi connectivity index (χ3n) is 24.3. The highest BCUT2D eigenvalue weighted by atomic mass is 16.5. The zero-order valence-electron chi connectivity index (χ0n) is 71.7. The molecule has 0 spiro atoms. The van der Waals surface area contributed by atoms with Crippen molar-refractivity contribution in [3.63, 3.8) is 0 Å². The molecule has 0 aliphatic heterocycles. The molecule has 0 rings (SSSR count). The average molecular weight is 1420 g/mol. The normalized spacial score (nSPS) is 11.8. The largest absolute Gasteiger partial charge is 0.381 e. The molecule has 0 aromatic rings. The van der Waals surface area contributed by atoms with Gasteiger partial charge in [0.25, 0.3) is 0 Å². The van der Waals surface area contributed by atoms with Crippen molar-refractivity contribution >= 4 is 0 Å². The minimum absolute atomic E-state index is 1.000. The molecule has 0 fully saturated rings. The molecule has 0 aliphatic carbocycles. The third kappa shape index (κ3) is 100.0. The standard InChI is InChI=1S/C100H202O/c1-3-5-7-9-11-13-15-17-19-21-23-25-27-29-31-33-35-37-39-41-43-45-47-49-51-53-55-57-59-61-63-65-67-69-71-73-75-77-79-81-83-85-87-89-91-93-95-97-99-101-100-98-96-94-92-90-88-86-84-82-80-78-76-74-72-70-68-66-64-62-60-58-56-54-52-50-48-46-44-42-40-38-36-34-32-30-28-26-24-22-20-18-16-14-12-10-8-6-4-2/h3-100H2,1-2H3. The van der Waals surface area contributed by atoms with Crippen LogP contribution in [0.5, 0.6) is 0 Å². The second-order valence-electron chi connectivity index (χ2n) is 34.8. The van der Waals surface area contributed by atoms with Gasteiger partial charge >= 0.3 is 0 Å². The molecule has 0 unspecified atom stereocenters. The first-order valence-electron chi connectivity index (χ1n) is 50.0. The van der Waals surface area contributed by atoms with E-state index < -0.39 is 0 Å². The van der Waals surface area contributed by atoms with Crippen LogP contribution in [0.3, 0.4) is 0 Å². The molecule has 0 aromatic carbocycles. The number of hydrogen-bond donors (Lipinski definition) is 0. The molecule has 0 aliphatic rings. The van der Waals surface area contributed by atoms with E-state index in [-0.39, 0.29) is 0 Å². The van der Waals surface area contributed by atoms with Gasteiger partial charge in [0.05, 0.1) is 0 Å². The van der Waals surface area contributed by atoms with E-state index in [9.17, 15) is 0 Å². The maximum Gasteiger partial charge on any atom is 0.0466 e. The van der Waals surface area contributed by atoms with Gasteiger partial charge in [-0.1, -0.05) is 617 Å². The van der Waals surface area contributed by atoms with E-state index in [2.05, 4.69) is 13.8 Å². The van der Waals surface area contributed by atoms with Gasteiger partial charge in [-0.3, -0.25) is 0 Å². The van der Waals surface area contributed by atoms with Crippen molar-refractivity contribution in [1.82, 2.24) is 0 Å². The highest BCUT2D eigenvalue weighted by molar-refractivity contribution is 4.59. The lowest BCUT2D eigenvalue weighted by atomic mass is 10.0. The monoisotopic (exact) mass is 1420 g/mol. The number of rotatable bonds is 98. The Bertz CT molecular complexity index is 1220. The molecule has 0 saturated heterocycles. The summed E-state index contributed by atoms with van der Waals surface area (Å²) in [4.78, 5) is 0. The van der Waals surface area contributed by atoms with Gasteiger partial charge in [-0.2, -0.15) is 0 Å². The first kappa shape index (κ1) is 101. The van der Waals surface area contributed by atoms with Gasteiger partial charge in [0.15, 0.2) is 0 Å². The lowest BCUT2D eigenvalue weighted by molar-refractivity contribution is 0.125. The summed E-state index contributed by atoms with van der Waals surface area (Å²) in [5.74, 6) is 0. The number of unbranched alkanes of at least 4 members (excludes halogenated alkanes) is 94. The molecule has 1 nitrogen and oxygen atoms in total. The Kier molecular flexibility index (Phi) is 99.9. The maximum absolute atomic E-state index is 6.00. The first-order valence-corrected chi connectivity index (χ1v) is 50.0. The predicted octanol–water partition coefficient (Wildman–Crippen LogP) is 38.5. The van der Waals surface area contributed by atoms with Crippen molar-refractivity contribution in [2.75, 3.05) is 13.2 Å². The van der Waals surface area contributed by atoms with Crippen LogP contribution < -0.4 is 0 Å². The van der Waals surface area contributed by atoms with Crippen LogP contribution >= 0.6 is 0 Å². The van der Waals surface area contributed by atoms with E-state index in [1.807, 2.05) is 0 Å². The van der Waals surface area contributed by atoms with Crippen molar-refractivity contribution in [1.29, 1.82) is 0 Å². The number of hydrogen-bond acceptors (Lipinski definition) is 1. The van der Waals surface area contributed by atoms with E-state index in [1.54, 1.807) is 0 Å². The molecule has 0 N–H and O–H groups in total. The summed E-state index contributed by atoms with van der Waals surface area (Å²) < 4.78 is 6.00. The van der Waals surface area contributed by atoms with Gasteiger partial charge in [0, 0.05) is 13.2 Å². The Morgan fingerprint density at radius 2 is 0.139 bits per heavy atom. The number of ether oxygens (including phenoxy) is 1. The van der Waals surface area contributed by atoms with E-state index in [0.717, 1.165) is 13.2 Å². The van der Waals surface area contributed by atoms with Crippen LogP contribution in [0.1, 0.15) is 630 Å². The molecule has 101 heavy (non-hydrogen) atoms. The van der Waals surface area contributed by atoms with Gasteiger partial charge < -0.3 is 4.74 Å². The highest BCUT2D eigenvalue weighted by Crippen LogP contribution is 2.23. The van der Waals surface area contributed by atoms with Gasteiger partial charge in [0.2, 0.25) is 0 Å². The van der Waals surface area contributed by atoms with Crippen molar-refractivity contribution in [2.24, 2.45) is 0 Å². The molecule has 0 aromatic heterocycles. The zero-order valence-corrected chi connectivity index (χ0v) is 71.7. The molecule has 1 heteroatoms. The summed E-state index contributed by atoms with van der Waals surface area (Å²) in [6.45, 7) is 6.63. The molecule has 0 bridgehead atoms. The molecular weight excluding hydrogens is 1220 g/mol. The van der Waals surface area contributed by atoms with E-state index >= 15 is 0 Å². The van der Waals surface area contributed by atoms with E-state index in [0.29, 0.717) is 0 Å². The predicted molar refractivity (Wildman–Crippen MR) is 465 cm³/mol. The van der Waals surface area contributed by atoms with Crippen LogP contribution in [-0.4, -0.2) is 13.2 Å². The highest BCUT2D eigenvalue weighted by Gasteiger charge is 2.04. The molecular formula is C100H202O. The van der Waals surface area contributed by atoms with Gasteiger partial charge in [-0.25, -0.2) is 0 Å². The Labute approximate surface area is 644 Å². The van der Waals surface area contributed by atoms with Crippen molar-refractivity contribution in [2.45, 2.75) is 630 Å². The molecule has 0 amide bonds. The second-order valence-corrected chi connectivity index (χ2v) is 34.8. The Balaban J connectivity index is 3.09. The quantitative estimate of drug-likeness (QED) is 0.0552. The third-order valence-corrected chi connectivity index (χ3v) is 24.3. The lowest BCUT2D eigenvalue weighted by Crippen LogP contribution is -1.97. The fourth-order valence-corrected chi connectivity index (χ4v) is 16.9. The smallest absolute Gasteiger partial charge is 0.0466 e. The summed E-state index contributed by atoms with van der Waals surface area (Å²) in [5.41, 5.74) is 0. The molecule has 608 valence electrons. The Morgan fingerprint density at radius 3 is 0.208 bits per heavy atom. The summed E-state index contributed by atoms with van der Waals surface area (Å²) >= 11 is 0. The molecule has 0 radical (unpaired) electrons. The van der Waals surface area contributed by atoms with Crippen LogP contribution in [0.25, 0.3) is 0 Å². The minimum atomic E-state index is 1.000. The summed E-state index contributed by atoms with van der Waals surface area (Å²) in [6.07, 6.45) is 142.